The zero-order valence-electron chi connectivity index (χ0n) is 10.4. The lowest BCUT2D eigenvalue weighted by atomic mass is 10.0. The second-order valence-electron chi connectivity index (χ2n) is 4.26. The molecule has 1 aliphatic rings. The molecule has 104 valence electrons. The molecule has 18 heavy (non-hydrogen) atoms. The molecule has 0 aromatic heterocycles. The molecule has 1 saturated heterocycles. The number of rotatable bonds is 4. The maximum Gasteiger partial charge on any atom is 0.323 e. The van der Waals surface area contributed by atoms with Crippen molar-refractivity contribution >= 4 is 21.9 Å². The van der Waals surface area contributed by atoms with Crippen LogP contribution in [0.2, 0.25) is 0 Å². The van der Waals surface area contributed by atoms with E-state index in [1.54, 1.807) is 0 Å². The maximum atomic E-state index is 12.1. The standard InChI is InChI=1S/C10H18N2O5S/c1-7(10(14)15)18(16,17)12-6-4-3-5-8(12)9(13)11-2/h7-8H,3-6H2,1-2H3,(H,11,13)(H,14,15). The highest BCUT2D eigenvalue weighted by molar-refractivity contribution is 7.90. The molecule has 1 heterocycles. The van der Waals surface area contributed by atoms with E-state index < -0.39 is 33.2 Å². The quantitative estimate of drug-likeness (QED) is 0.714. The summed E-state index contributed by atoms with van der Waals surface area (Å²) in [5.41, 5.74) is 0. The Morgan fingerprint density at radius 3 is 2.50 bits per heavy atom. The molecule has 2 atom stereocenters. The Hall–Kier alpha value is -1.15. The molecular formula is C10H18N2O5S. The van der Waals surface area contributed by atoms with Crippen LogP contribution < -0.4 is 5.32 Å². The Labute approximate surface area is 106 Å². The van der Waals surface area contributed by atoms with Crippen molar-refractivity contribution in [3.63, 3.8) is 0 Å². The Balaban J connectivity index is 3.03. The fourth-order valence-corrected chi connectivity index (χ4v) is 3.57. The van der Waals surface area contributed by atoms with Gasteiger partial charge in [0.1, 0.15) is 6.04 Å². The monoisotopic (exact) mass is 278 g/mol. The third kappa shape index (κ3) is 2.81. The number of carbonyl (C=O) groups excluding carboxylic acids is 1. The average molecular weight is 278 g/mol. The van der Waals surface area contributed by atoms with E-state index in [0.717, 1.165) is 17.6 Å². The molecular weight excluding hydrogens is 260 g/mol. The summed E-state index contributed by atoms with van der Waals surface area (Å²) in [5, 5.41) is 9.70. The van der Waals surface area contributed by atoms with Crippen LogP contribution in [0.1, 0.15) is 26.2 Å². The van der Waals surface area contributed by atoms with Gasteiger partial charge in [0, 0.05) is 13.6 Å². The van der Waals surface area contributed by atoms with Gasteiger partial charge in [-0.15, -0.1) is 0 Å². The Morgan fingerprint density at radius 1 is 1.39 bits per heavy atom. The molecule has 8 heteroatoms. The van der Waals surface area contributed by atoms with Crippen molar-refractivity contribution in [3.05, 3.63) is 0 Å². The number of carboxylic acid groups (broad SMARTS) is 1. The van der Waals surface area contributed by atoms with Crippen molar-refractivity contribution in [1.82, 2.24) is 9.62 Å². The fraction of sp³-hybridized carbons (Fsp3) is 0.800. The summed E-state index contributed by atoms with van der Waals surface area (Å²) in [4.78, 5) is 22.5. The summed E-state index contributed by atoms with van der Waals surface area (Å²) >= 11 is 0. The molecule has 1 aliphatic heterocycles. The minimum absolute atomic E-state index is 0.193. The molecule has 2 N–H and O–H groups in total. The maximum absolute atomic E-state index is 12.1. The molecule has 1 fully saturated rings. The van der Waals surface area contributed by atoms with E-state index in [0.29, 0.717) is 12.8 Å². The van der Waals surface area contributed by atoms with Gasteiger partial charge < -0.3 is 10.4 Å². The average Bonchev–Trinajstić information content (AvgIpc) is 2.36. The van der Waals surface area contributed by atoms with E-state index in [2.05, 4.69) is 5.32 Å². The number of amides is 1. The molecule has 1 rings (SSSR count). The van der Waals surface area contributed by atoms with E-state index in [1.807, 2.05) is 0 Å². The van der Waals surface area contributed by atoms with Crippen LogP contribution in [-0.4, -0.2) is 54.6 Å². The van der Waals surface area contributed by atoms with E-state index in [4.69, 9.17) is 5.11 Å². The SMILES string of the molecule is CNC(=O)C1CCCCN1S(=O)(=O)C(C)C(=O)O. The topological polar surface area (TPSA) is 104 Å². The van der Waals surface area contributed by atoms with Gasteiger partial charge in [-0.25, -0.2) is 8.42 Å². The van der Waals surface area contributed by atoms with Gasteiger partial charge in [0.15, 0.2) is 5.25 Å². The van der Waals surface area contributed by atoms with Crippen molar-refractivity contribution in [3.8, 4) is 0 Å². The first-order valence-electron chi connectivity index (χ1n) is 5.77. The van der Waals surface area contributed by atoms with Crippen molar-refractivity contribution in [2.45, 2.75) is 37.5 Å². The summed E-state index contributed by atoms with van der Waals surface area (Å²) < 4.78 is 25.3. The van der Waals surface area contributed by atoms with E-state index >= 15 is 0 Å². The number of nitrogens with one attached hydrogen (secondary N) is 1. The number of hydrogen-bond donors (Lipinski definition) is 2. The highest BCUT2D eigenvalue weighted by Gasteiger charge is 2.41. The first kappa shape index (κ1) is 14.9. The predicted octanol–water partition coefficient (Wildman–Crippen LogP) is -0.610. The summed E-state index contributed by atoms with van der Waals surface area (Å²) in [6.45, 7) is 1.31. The van der Waals surface area contributed by atoms with Gasteiger partial charge in [-0.1, -0.05) is 6.42 Å². The van der Waals surface area contributed by atoms with Crippen LogP contribution in [0.5, 0.6) is 0 Å². The second-order valence-corrected chi connectivity index (χ2v) is 6.47. The lowest BCUT2D eigenvalue weighted by Gasteiger charge is -2.34. The lowest BCUT2D eigenvalue weighted by molar-refractivity contribution is -0.136. The number of sulfonamides is 1. The van der Waals surface area contributed by atoms with Crippen LogP contribution in [-0.2, 0) is 19.6 Å². The smallest absolute Gasteiger partial charge is 0.323 e. The first-order valence-corrected chi connectivity index (χ1v) is 7.27. The Morgan fingerprint density at radius 2 is 2.00 bits per heavy atom. The number of hydrogen-bond acceptors (Lipinski definition) is 4. The summed E-state index contributed by atoms with van der Waals surface area (Å²) in [7, 11) is -2.56. The van der Waals surface area contributed by atoms with Crippen LogP contribution in [0.4, 0.5) is 0 Å². The molecule has 2 unspecified atom stereocenters. The number of carboxylic acids is 1. The highest BCUT2D eigenvalue weighted by Crippen LogP contribution is 2.23. The number of aliphatic carboxylic acids is 1. The molecule has 0 aromatic rings. The largest absolute Gasteiger partial charge is 0.480 e. The number of nitrogens with zero attached hydrogens (tertiary/aromatic N) is 1. The molecule has 0 spiro atoms. The molecule has 0 saturated carbocycles. The van der Waals surface area contributed by atoms with Crippen LogP contribution in [0.15, 0.2) is 0 Å². The van der Waals surface area contributed by atoms with Gasteiger partial charge in [-0.3, -0.25) is 9.59 Å². The molecule has 0 radical (unpaired) electrons. The highest BCUT2D eigenvalue weighted by atomic mass is 32.2. The minimum atomic E-state index is -3.99. The zero-order valence-corrected chi connectivity index (χ0v) is 11.2. The van der Waals surface area contributed by atoms with Gasteiger partial charge in [0.05, 0.1) is 0 Å². The summed E-state index contributed by atoms with van der Waals surface area (Å²) in [5.74, 6) is -1.80. The molecule has 0 aromatic carbocycles. The zero-order chi connectivity index (χ0) is 13.9. The number of piperidine rings is 1. The van der Waals surface area contributed by atoms with E-state index in [1.165, 1.54) is 7.05 Å². The molecule has 0 bridgehead atoms. The van der Waals surface area contributed by atoms with Crippen LogP contribution >= 0.6 is 0 Å². The summed E-state index contributed by atoms with van der Waals surface area (Å²) in [6, 6.07) is -0.796. The third-order valence-electron chi connectivity index (χ3n) is 3.12. The summed E-state index contributed by atoms with van der Waals surface area (Å²) in [6.07, 6.45) is 1.82. The fourth-order valence-electron chi connectivity index (χ4n) is 1.97. The Bertz CT molecular complexity index is 434. The minimum Gasteiger partial charge on any atom is -0.480 e. The van der Waals surface area contributed by atoms with Crippen molar-refractivity contribution < 1.29 is 23.1 Å². The molecule has 0 aliphatic carbocycles. The Kier molecular flexibility index (Phi) is 4.69. The first-order chi connectivity index (χ1) is 8.32. The van der Waals surface area contributed by atoms with Gasteiger partial charge in [-0.2, -0.15) is 4.31 Å². The van der Waals surface area contributed by atoms with E-state index in [-0.39, 0.29) is 6.54 Å². The lowest BCUT2D eigenvalue weighted by Crippen LogP contribution is -2.54. The second kappa shape index (κ2) is 5.66. The van der Waals surface area contributed by atoms with Gasteiger partial charge in [0.25, 0.3) is 0 Å². The van der Waals surface area contributed by atoms with Gasteiger partial charge >= 0.3 is 5.97 Å². The third-order valence-corrected chi connectivity index (χ3v) is 5.31. The van der Waals surface area contributed by atoms with Gasteiger partial charge in [0.2, 0.25) is 15.9 Å². The van der Waals surface area contributed by atoms with Crippen molar-refractivity contribution in [1.29, 1.82) is 0 Å². The van der Waals surface area contributed by atoms with E-state index in [9.17, 15) is 18.0 Å². The van der Waals surface area contributed by atoms with Gasteiger partial charge in [-0.05, 0) is 19.8 Å². The van der Waals surface area contributed by atoms with Crippen LogP contribution in [0.3, 0.4) is 0 Å². The van der Waals surface area contributed by atoms with Crippen LogP contribution in [0.25, 0.3) is 0 Å². The van der Waals surface area contributed by atoms with Crippen molar-refractivity contribution in [2.24, 2.45) is 0 Å². The normalized spacial score (nSPS) is 23.3. The van der Waals surface area contributed by atoms with Crippen molar-refractivity contribution in [2.75, 3.05) is 13.6 Å². The van der Waals surface area contributed by atoms with Crippen LogP contribution in [0, 0.1) is 0 Å². The number of likely N-dealkylation sites (N-methyl/N-ethyl adjacent to an activating group) is 1. The molecule has 1 amide bonds. The number of carbonyl (C=O) groups is 2. The molecule has 7 nitrogen and oxygen atoms in total. The predicted molar refractivity (Wildman–Crippen MR) is 64.4 cm³/mol.